The molecule has 1 N–H and O–H groups in total. The van der Waals surface area contributed by atoms with Gasteiger partial charge in [0.15, 0.2) is 0 Å². The monoisotopic (exact) mass is 252 g/mol. The van der Waals surface area contributed by atoms with Crippen LogP contribution in [0.25, 0.3) is 0 Å². The smallest absolute Gasteiger partial charge is 0.234 e. The number of nitrogens with zero attached hydrogens (tertiary/aromatic N) is 1. The standard InChI is InChI=1S/C12H16N2O2S/c15-12-10-14(7-6-13-12)8-9-17(16)11-4-2-1-3-5-11/h1-5H,6-10H2,(H,13,15). The number of piperazine rings is 1. The minimum atomic E-state index is -0.970. The molecule has 17 heavy (non-hydrogen) atoms. The van der Waals surface area contributed by atoms with Gasteiger partial charge in [-0.1, -0.05) is 18.2 Å². The molecule has 1 unspecified atom stereocenters. The van der Waals surface area contributed by atoms with Crippen LogP contribution in [0.3, 0.4) is 0 Å². The fraction of sp³-hybridized carbons (Fsp3) is 0.417. The van der Waals surface area contributed by atoms with E-state index in [2.05, 4.69) is 5.32 Å². The van der Waals surface area contributed by atoms with Crippen molar-refractivity contribution in [3.63, 3.8) is 0 Å². The fourth-order valence-corrected chi connectivity index (χ4v) is 2.90. The molecule has 1 aliphatic heterocycles. The van der Waals surface area contributed by atoms with Crippen molar-refractivity contribution >= 4 is 16.7 Å². The molecular formula is C12H16N2O2S. The van der Waals surface area contributed by atoms with E-state index in [1.807, 2.05) is 35.2 Å². The molecule has 1 aromatic rings. The van der Waals surface area contributed by atoms with Gasteiger partial charge < -0.3 is 5.32 Å². The molecule has 1 aliphatic rings. The van der Waals surface area contributed by atoms with Crippen LogP contribution >= 0.6 is 0 Å². The minimum absolute atomic E-state index is 0.0572. The maximum Gasteiger partial charge on any atom is 0.234 e. The lowest BCUT2D eigenvalue weighted by atomic mass is 10.3. The first-order valence-electron chi connectivity index (χ1n) is 5.68. The van der Waals surface area contributed by atoms with Crippen LogP contribution in [0.5, 0.6) is 0 Å². The van der Waals surface area contributed by atoms with Gasteiger partial charge in [0.1, 0.15) is 0 Å². The van der Waals surface area contributed by atoms with Crippen LogP contribution in [-0.4, -0.2) is 46.9 Å². The number of benzene rings is 1. The van der Waals surface area contributed by atoms with Gasteiger partial charge in [-0.15, -0.1) is 0 Å². The molecule has 1 aromatic carbocycles. The van der Waals surface area contributed by atoms with Crippen molar-refractivity contribution in [2.75, 3.05) is 31.9 Å². The summed E-state index contributed by atoms with van der Waals surface area (Å²) in [6.07, 6.45) is 0. The fourth-order valence-electron chi connectivity index (χ4n) is 1.78. The first-order valence-corrected chi connectivity index (χ1v) is 7.00. The van der Waals surface area contributed by atoms with Crippen LogP contribution in [0.2, 0.25) is 0 Å². The lowest BCUT2D eigenvalue weighted by Crippen LogP contribution is -2.48. The molecule has 1 saturated heterocycles. The Morgan fingerprint density at radius 1 is 1.29 bits per heavy atom. The second kappa shape index (κ2) is 5.93. The molecule has 4 nitrogen and oxygen atoms in total. The first kappa shape index (κ1) is 12.3. The van der Waals surface area contributed by atoms with Crippen LogP contribution in [0, 0.1) is 0 Å². The van der Waals surface area contributed by atoms with Crippen molar-refractivity contribution < 1.29 is 9.00 Å². The first-order chi connectivity index (χ1) is 8.25. The predicted molar refractivity (Wildman–Crippen MR) is 67.2 cm³/mol. The maximum atomic E-state index is 12.0. The summed E-state index contributed by atoms with van der Waals surface area (Å²) in [5.74, 6) is 0.638. The number of hydrogen-bond donors (Lipinski definition) is 1. The Morgan fingerprint density at radius 3 is 2.76 bits per heavy atom. The van der Waals surface area contributed by atoms with Gasteiger partial charge in [0.2, 0.25) is 5.91 Å². The molecule has 1 fully saturated rings. The Morgan fingerprint density at radius 2 is 2.06 bits per heavy atom. The highest BCUT2D eigenvalue weighted by atomic mass is 32.2. The van der Waals surface area contributed by atoms with Crippen LogP contribution < -0.4 is 5.32 Å². The molecule has 1 atom stereocenters. The van der Waals surface area contributed by atoms with Crippen LogP contribution in [-0.2, 0) is 15.6 Å². The second-order valence-electron chi connectivity index (χ2n) is 3.99. The van der Waals surface area contributed by atoms with E-state index >= 15 is 0 Å². The van der Waals surface area contributed by atoms with Crippen molar-refractivity contribution in [2.45, 2.75) is 4.90 Å². The van der Waals surface area contributed by atoms with Crippen LogP contribution in [0.15, 0.2) is 35.2 Å². The largest absolute Gasteiger partial charge is 0.354 e. The van der Waals surface area contributed by atoms with Crippen molar-refractivity contribution in [3.8, 4) is 0 Å². The van der Waals surface area contributed by atoms with Gasteiger partial charge in [-0.2, -0.15) is 0 Å². The maximum absolute atomic E-state index is 12.0. The van der Waals surface area contributed by atoms with E-state index in [-0.39, 0.29) is 5.91 Å². The third-order valence-electron chi connectivity index (χ3n) is 2.72. The topological polar surface area (TPSA) is 49.4 Å². The summed E-state index contributed by atoms with van der Waals surface area (Å²) in [4.78, 5) is 14.1. The van der Waals surface area contributed by atoms with Gasteiger partial charge in [0.25, 0.3) is 0 Å². The van der Waals surface area contributed by atoms with E-state index in [0.29, 0.717) is 25.4 Å². The summed E-state index contributed by atoms with van der Waals surface area (Å²) in [6.45, 7) is 2.66. The average Bonchev–Trinajstić information content (AvgIpc) is 2.37. The van der Waals surface area contributed by atoms with Crippen molar-refractivity contribution in [1.82, 2.24) is 10.2 Å². The number of nitrogens with one attached hydrogen (secondary N) is 1. The van der Waals surface area contributed by atoms with Crippen molar-refractivity contribution in [1.29, 1.82) is 0 Å². The third kappa shape index (κ3) is 3.64. The van der Waals surface area contributed by atoms with E-state index in [1.165, 1.54) is 0 Å². The minimum Gasteiger partial charge on any atom is -0.354 e. The van der Waals surface area contributed by atoms with E-state index in [0.717, 1.165) is 11.4 Å². The lowest BCUT2D eigenvalue weighted by molar-refractivity contribution is -0.123. The van der Waals surface area contributed by atoms with Gasteiger partial charge >= 0.3 is 0 Å². The molecule has 5 heteroatoms. The Labute approximate surface area is 103 Å². The molecule has 1 heterocycles. The normalized spacial score (nSPS) is 18.7. The van der Waals surface area contributed by atoms with E-state index < -0.39 is 10.8 Å². The molecule has 1 amide bonds. The number of hydrogen-bond acceptors (Lipinski definition) is 3. The molecular weight excluding hydrogens is 236 g/mol. The van der Waals surface area contributed by atoms with Crippen LogP contribution in [0.4, 0.5) is 0 Å². The molecule has 2 rings (SSSR count). The SMILES string of the molecule is O=C1CN(CCS(=O)c2ccccc2)CCN1. The zero-order chi connectivity index (χ0) is 12.1. The van der Waals surface area contributed by atoms with E-state index in [1.54, 1.807) is 0 Å². The van der Waals surface area contributed by atoms with Gasteiger partial charge in [0.05, 0.1) is 17.3 Å². The molecule has 0 aliphatic carbocycles. The third-order valence-corrected chi connectivity index (χ3v) is 4.07. The predicted octanol–water partition coefficient (Wildman–Crippen LogP) is 0.226. The Kier molecular flexibility index (Phi) is 4.28. The average molecular weight is 252 g/mol. The zero-order valence-corrected chi connectivity index (χ0v) is 10.4. The Hall–Kier alpha value is -1.20. The molecule has 0 bridgehead atoms. The van der Waals surface area contributed by atoms with Crippen molar-refractivity contribution in [2.24, 2.45) is 0 Å². The number of carbonyl (C=O) groups is 1. The summed E-state index contributed by atoms with van der Waals surface area (Å²) in [7, 11) is -0.970. The van der Waals surface area contributed by atoms with Gasteiger partial charge in [0, 0.05) is 30.3 Å². The zero-order valence-electron chi connectivity index (χ0n) is 9.59. The lowest BCUT2D eigenvalue weighted by Gasteiger charge is -2.26. The van der Waals surface area contributed by atoms with E-state index in [9.17, 15) is 9.00 Å². The molecule has 0 radical (unpaired) electrons. The summed E-state index contributed by atoms with van der Waals surface area (Å²) in [5.41, 5.74) is 0. The summed E-state index contributed by atoms with van der Waals surface area (Å²) >= 11 is 0. The molecule has 0 spiro atoms. The van der Waals surface area contributed by atoms with Gasteiger partial charge in [-0.3, -0.25) is 13.9 Å². The number of carbonyl (C=O) groups excluding carboxylic acids is 1. The van der Waals surface area contributed by atoms with E-state index in [4.69, 9.17) is 0 Å². The number of amides is 1. The van der Waals surface area contributed by atoms with Crippen LogP contribution in [0.1, 0.15) is 0 Å². The molecule has 0 saturated carbocycles. The Balaban J connectivity index is 1.82. The summed E-state index contributed by atoms with van der Waals surface area (Å²) in [5, 5.41) is 2.77. The Bertz CT molecular complexity index is 408. The summed E-state index contributed by atoms with van der Waals surface area (Å²) < 4.78 is 12.0. The summed E-state index contributed by atoms with van der Waals surface area (Å²) in [6, 6.07) is 9.44. The second-order valence-corrected chi connectivity index (χ2v) is 5.56. The highest BCUT2D eigenvalue weighted by Crippen LogP contribution is 2.06. The van der Waals surface area contributed by atoms with Gasteiger partial charge in [-0.05, 0) is 12.1 Å². The highest BCUT2D eigenvalue weighted by molar-refractivity contribution is 7.85. The quantitative estimate of drug-likeness (QED) is 0.834. The number of rotatable bonds is 4. The highest BCUT2D eigenvalue weighted by Gasteiger charge is 2.16. The van der Waals surface area contributed by atoms with Gasteiger partial charge in [-0.25, -0.2) is 0 Å². The molecule has 0 aromatic heterocycles. The molecule has 92 valence electrons. The van der Waals surface area contributed by atoms with Crippen molar-refractivity contribution in [3.05, 3.63) is 30.3 Å².